The number of hydrogen-bond donors (Lipinski definition) is 1. The minimum Gasteiger partial charge on any atom is -0.439 e. The number of rotatable bonds is 4. The molecule has 2 rings (SSSR count). The van der Waals surface area contributed by atoms with Crippen LogP contribution < -0.4 is 10.5 Å². The summed E-state index contributed by atoms with van der Waals surface area (Å²) >= 11 is 0. The highest BCUT2D eigenvalue weighted by molar-refractivity contribution is 6.00. The number of hydrogen-bond acceptors (Lipinski definition) is 4. The predicted molar refractivity (Wildman–Crippen MR) is 95.9 cm³/mol. The predicted octanol–water partition coefficient (Wildman–Crippen LogP) is 3.21. The van der Waals surface area contributed by atoms with Crippen LogP contribution in [0.1, 0.15) is 37.6 Å². The van der Waals surface area contributed by atoms with Crippen molar-refractivity contribution in [3.05, 3.63) is 46.7 Å². The Morgan fingerprint density at radius 2 is 1.92 bits per heavy atom. The summed E-state index contributed by atoms with van der Waals surface area (Å²) in [5.74, 6) is 0.296. The molecule has 2 aromatic rings. The molecule has 0 saturated carbocycles. The first kappa shape index (κ1) is 18.3. The van der Waals surface area contributed by atoms with E-state index in [1.807, 2.05) is 24.3 Å². The molecule has 0 radical (unpaired) electrons. The molecule has 2 N–H and O–H groups in total. The molecule has 6 nitrogen and oxygen atoms in total. The molecule has 0 unspecified atom stereocenters. The van der Waals surface area contributed by atoms with Gasteiger partial charge in [0, 0.05) is 7.05 Å². The summed E-state index contributed by atoms with van der Waals surface area (Å²) in [7, 11) is 1.74. The molecule has 6 heteroatoms. The maximum Gasteiger partial charge on any atom is 0.259 e. The van der Waals surface area contributed by atoms with Gasteiger partial charge in [0.25, 0.3) is 5.91 Å². The smallest absolute Gasteiger partial charge is 0.259 e. The van der Waals surface area contributed by atoms with E-state index in [1.54, 1.807) is 24.7 Å². The minimum absolute atomic E-state index is 0.0543. The van der Waals surface area contributed by atoms with Crippen molar-refractivity contribution >= 4 is 12.0 Å². The summed E-state index contributed by atoms with van der Waals surface area (Å²) in [6.07, 6.45) is 1.41. The lowest BCUT2D eigenvalue weighted by molar-refractivity contribution is -0.114. The Kier molecular flexibility index (Phi) is 4.98. The Balaban J connectivity index is 2.41. The van der Waals surface area contributed by atoms with Crippen molar-refractivity contribution in [2.24, 2.45) is 12.8 Å². The highest BCUT2D eigenvalue weighted by atomic mass is 16.5. The van der Waals surface area contributed by atoms with Crippen molar-refractivity contribution in [2.75, 3.05) is 0 Å². The molecule has 0 aliphatic carbocycles. The summed E-state index contributed by atoms with van der Waals surface area (Å²) < 4.78 is 7.51. The van der Waals surface area contributed by atoms with Crippen LogP contribution in [0.3, 0.4) is 0 Å². The highest BCUT2D eigenvalue weighted by Crippen LogP contribution is 2.31. The molecule has 1 aromatic carbocycles. The molecule has 25 heavy (non-hydrogen) atoms. The molecule has 0 spiro atoms. The third-order valence-electron chi connectivity index (χ3n) is 3.82. The number of aromatic nitrogens is 2. The first-order valence-electron chi connectivity index (χ1n) is 7.87. The van der Waals surface area contributed by atoms with Crippen LogP contribution in [0.2, 0.25) is 0 Å². The third-order valence-corrected chi connectivity index (χ3v) is 3.82. The number of ether oxygens (including phenoxy) is 1. The number of carbonyl (C=O) groups excluding carboxylic acids is 1. The van der Waals surface area contributed by atoms with Gasteiger partial charge in [-0.3, -0.25) is 4.79 Å². The fourth-order valence-corrected chi connectivity index (χ4v) is 2.38. The van der Waals surface area contributed by atoms with Crippen molar-refractivity contribution in [1.82, 2.24) is 9.78 Å². The number of nitrogens with zero attached hydrogens (tertiary/aromatic N) is 3. The monoisotopic (exact) mass is 338 g/mol. The van der Waals surface area contributed by atoms with Crippen LogP contribution in [-0.2, 0) is 17.3 Å². The van der Waals surface area contributed by atoms with Crippen LogP contribution in [0.15, 0.2) is 29.8 Å². The van der Waals surface area contributed by atoms with Gasteiger partial charge in [0.2, 0.25) is 5.88 Å². The number of benzene rings is 1. The van der Waals surface area contributed by atoms with Crippen molar-refractivity contribution in [1.29, 1.82) is 5.26 Å². The SMILES string of the molecule is Cc1nn(C)c(Oc2ccc(C(C)(C)C)cc2)c1C=C(C#N)C(N)=O. The molecule has 0 aliphatic rings. The van der Waals surface area contributed by atoms with E-state index in [9.17, 15) is 4.79 Å². The molecule has 1 amide bonds. The lowest BCUT2D eigenvalue weighted by atomic mass is 9.87. The zero-order chi connectivity index (χ0) is 18.8. The second-order valence-electron chi connectivity index (χ2n) is 6.84. The fraction of sp³-hybridized carbons (Fsp3) is 0.316. The van der Waals surface area contributed by atoms with E-state index in [1.165, 1.54) is 11.6 Å². The van der Waals surface area contributed by atoms with E-state index in [-0.39, 0.29) is 11.0 Å². The molecule has 0 bridgehead atoms. The summed E-state index contributed by atoms with van der Waals surface area (Å²) in [5, 5.41) is 13.4. The number of primary amides is 1. The maximum absolute atomic E-state index is 11.3. The number of aryl methyl sites for hydroxylation is 2. The van der Waals surface area contributed by atoms with E-state index in [2.05, 4.69) is 25.9 Å². The van der Waals surface area contributed by atoms with Gasteiger partial charge in [-0.15, -0.1) is 0 Å². The molecular formula is C19H22N4O2. The van der Waals surface area contributed by atoms with Gasteiger partial charge in [-0.2, -0.15) is 10.4 Å². The first-order chi connectivity index (χ1) is 11.6. The molecular weight excluding hydrogens is 316 g/mol. The van der Waals surface area contributed by atoms with Gasteiger partial charge in [0.1, 0.15) is 17.4 Å². The van der Waals surface area contributed by atoms with Gasteiger partial charge in [0.05, 0.1) is 11.3 Å². The van der Waals surface area contributed by atoms with Gasteiger partial charge < -0.3 is 10.5 Å². The Hall–Kier alpha value is -3.07. The summed E-state index contributed by atoms with van der Waals surface area (Å²) in [4.78, 5) is 11.3. The normalized spacial score (nSPS) is 11.9. The van der Waals surface area contributed by atoms with Gasteiger partial charge in [0.15, 0.2) is 0 Å². The highest BCUT2D eigenvalue weighted by Gasteiger charge is 2.17. The Morgan fingerprint density at radius 1 is 1.32 bits per heavy atom. The second kappa shape index (κ2) is 6.81. The maximum atomic E-state index is 11.3. The Labute approximate surface area is 147 Å². The average molecular weight is 338 g/mol. The quantitative estimate of drug-likeness (QED) is 0.684. The van der Waals surface area contributed by atoms with Crippen molar-refractivity contribution in [3.63, 3.8) is 0 Å². The molecule has 1 heterocycles. The number of nitrogens with two attached hydrogens (primary N) is 1. The van der Waals surface area contributed by atoms with Crippen molar-refractivity contribution in [3.8, 4) is 17.7 Å². The van der Waals surface area contributed by atoms with Crippen LogP contribution in [0, 0.1) is 18.3 Å². The van der Waals surface area contributed by atoms with E-state index in [4.69, 9.17) is 15.7 Å². The number of carbonyl (C=O) groups is 1. The fourth-order valence-electron chi connectivity index (χ4n) is 2.38. The summed E-state index contributed by atoms with van der Waals surface area (Å²) in [5.41, 5.74) is 7.51. The standard InChI is InChI=1S/C19H22N4O2/c1-12-16(10-13(11-20)17(21)24)18(23(5)22-12)25-15-8-6-14(7-9-15)19(2,3)4/h6-10H,1-5H3,(H2,21,24). The summed E-state index contributed by atoms with van der Waals surface area (Å²) in [6, 6.07) is 9.59. The van der Waals surface area contributed by atoms with Crippen molar-refractivity contribution < 1.29 is 9.53 Å². The average Bonchev–Trinajstić information content (AvgIpc) is 2.78. The first-order valence-corrected chi connectivity index (χ1v) is 7.87. The van der Waals surface area contributed by atoms with Crippen molar-refractivity contribution in [2.45, 2.75) is 33.1 Å². The van der Waals surface area contributed by atoms with Gasteiger partial charge in [-0.1, -0.05) is 32.9 Å². The summed E-state index contributed by atoms with van der Waals surface area (Å²) in [6.45, 7) is 8.20. The minimum atomic E-state index is -0.786. The number of nitriles is 1. The zero-order valence-corrected chi connectivity index (χ0v) is 15.1. The molecule has 130 valence electrons. The molecule has 1 aromatic heterocycles. The largest absolute Gasteiger partial charge is 0.439 e. The van der Waals surface area contributed by atoms with Crippen LogP contribution >= 0.6 is 0 Å². The third kappa shape index (κ3) is 4.07. The van der Waals surface area contributed by atoms with Gasteiger partial charge in [-0.25, -0.2) is 4.68 Å². The molecule has 0 atom stereocenters. The Bertz CT molecular complexity index is 863. The number of amides is 1. The van der Waals surface area contributed by atoms with E-state index < -0.39 is 5.91 Å². The lowest BCUT2D eigenvalue weighted by Gasteiger charge is -2.19. The van der Waals surface area contributed by atoms with Crippen LogP contribution in [0.5, 0.6) is 11.6 Å². The molecule has 0 saturated heterocycles. The van der Waals surface area contributed by atoms with E-state index >= 15 is 0 Å². The van der Waals surface area contributed by atoms with E-state index in [0.29, 0.717) is 22.9 Å². The zero-order valence-electron chi connectivity index (χ0n) is 15.1. The van der Waals surface area contributed by atoms with Crippen LogP contribution in [-0.4, -0.2) is 15.7 Å². The second-order valence-corrected chi connectivity index (χ2v) is 6.84. The molecule has 0 fully saturated rings. The van der Waals surface area contributed by atoms with E-state index in [0.717, 1.165) is 0 Å². The Morgan fingerprint density at radius 3 is 2.40 bits per heavy atom. The molecule has 0 aliphatic heterocycles. The topological polar surface area (TPSA) is 93.9 Å². The lowest BCUT2D eigenvalue weighted by Crippen LogP contribution is -2.12. The van der Waals surface area contributed by atoms with Crippen LogP contribution in [0.25, 0.3) is 6.08 Å². The van der Waals surface area contributed by atoms with Crippen LogP contribution in [0.4, 0.5) is 0 Å². The van der Waals surface area contributed by atoms with Gasteiger partial charge in [-0.05, 0) is 36.1 Å². The van der Waals surface area contributed by atoms with Gasteiger partial charge >= 0.3 is 0 Å².